The highest BCUT2D eigenvalue weighted by Gasteiger charge is 2.24. The molecule has 0 saturated carbocycles. The molecule has 2 aromatic rings. The van der Waals surface area contributed by atoms with E-state index in [9.17, 15) is 0 Å². The molecule has 0 aliphatic carbocycles. The van der Waals surface area contributed by atoms with E-state index in [1.165, 1.54) is 4.88 Å². The molecule has 5 nitrogen and oxygen atoms in total. The van der Waals surface area contributed by atoms with Crippen LogP contribution in [0.15, 0.2) is 17.5 Å². The quantitative estimate of drug-likeness (QED) is 0.916. The molecule has 1 aliphatic rings. The normalized spacial score (nSPS) is 20.4. The van der Waals surface area contributed by atoms with Crippen molar-refractivity contribution in [2.45, 2.75) is 25.9 Å². The lowest BCUT2D eigenvalue weighted by Gasteiger charge is -2.31. The fourth-order valence-electron chi connectivity index (χ4n) is 2.40. The van der Waals surface area contributed by atoms with Crippen LogP contribution in [0.1, 0.15) is 29.6 Å². The summed E-state index contributed by atoms with van der Waals surface area (Å²) >= 11 is 1.83. The van der Waals surface area contributed by atoms with Gasteiger partial charge in [-0.1, -0.05) is 13.0 Å². The van der Waals surface area contributed by atoms with Crippen LogP contribution in [0.25, 0.3) is 0 Å². The Bertz CT molecular complexity index is 525. The Morgan fingerprint density at radius 3 is 3.25 bits per heavy atom. The van der Waals surface area contributed by atoms with Crippen LogP contribution >= 0.6 is 11.3 Å². The number of aromatic amines is 1. The lowest BCUT2D eigenvalue weighted by molar-refractivity contribution is -0.0337. The van der Waals surface area contributed by atoms with Crippen molar-refractivity contribution in [3.8, 4) is 0 Å². The molecule has 1 atom stereocenters. The SMILES string of the molecule is CCc1nc([C@@H]2CN(CCc3cccs3)CCO2)n[nH]1. The van der Waals surface area contributed by atoms with Gasteiger partial charge in [0.25, 0.3) is 0 Å². The Morgan fingerprint density at radius 1 is 1.55 bits per heavy atom. The molecule has 0 bridgehead atoms. The van der Waals surface area contributed by atoms with E-state index in [0.717, 1.165) is 50.7 Å². The molecule has 0 unspecified atom stereocenters. The summed E-state index contributed by atoms with van der Waals surface area (Å²) < 4.78 is 5.81. The number of nitrogens with zero attached hydrogens (tertiary/aromatic N) is 3. The highest BCUT2D eigenvalue weighted by atomic mass is 32.1. The zero-order valence-electron chi connectivity index (χ0n) is 11.7. The third kappa shape index (κ3) is 3.26. The number of aryl methyl sites for hydroxylation is 1. The number of hydrogen-bond acceptors (Lipinski definition) is 5. The lowest BCUT2D eigenvalue weighted by atomic mass is 10.2. The molecule has 108 valence electrons. The van der Waals surface area contributed by atoms with Crippen LogP contribution in [0, 0.1) is 0 Å². The third-order valence-corrected chi connectivity index (χ3v) is 4.51. The summed E-state index contributed by atoms with van der Waals surface area (Å²) in [4.78, 5) is 8.36. The van der Waals surface area contributed by atoms with Crippen LogP contribution in [-0.4, -0.2) is 46.3 Å². The van der Waals surface area contributed by atoms with Crippen molar-refractivity contribution >= 4 is 11.3 Å². The second-order valence-corrected chi connectivity index (χ2v) is 6.02. The van der Waals surface area contributed by atoms with Crippen LogP contribution in [-0.2, 0) is 17.6 Å². The van der Waals surface area contributed by atoms with Crippen molar-refractivity contribution in [2.24, 2.45) is 0 Å². The predicted octanol–water partition coefficient (Wildman–Crippen LogP) is 2.04. The summed E-state index contributed by atoms with van der Waals surface area (Å²) in [5.74, 6) is 1.72. The van der Waals surface area contributed by atoms with Crippen LogP contribution < -0.4 is 0 Å². The average molecular weight is 292 g/mol. The number of thiophene rings is 1. The van der Waals surface area contributed by atoms with E-state index >= 15 is 0 Å². The van der Waals surface area contributed by atoms with Gasteiger partial charge in [0.05, 0.1) is 6.61 Å². The molecule has 1 N–H and O–H groups in total. The molecule has 3 rings (SSSR count). The zero-order chi connectivity index (χ0) is 13.8. The molecule has 0 radical (unpaired) electrons. The van der Waals surface area contributed by atoms with Crippen molar-refractivity contribution in [3.05, 3.63) is 34.0 Å². The second kappa shape index (κ2) is 6.47. The van der Waals surface area contributed by atoms with Crippen LogP contribution in [0.4, 0.5) is 0 Å². The number of morpholine rings is 1. The summed E-state index contributed by atoms with van der Waals surface area (Å²) in [6.07, 6.45) is 1.99. The fourth-order valence-corrected chi connectivity index (χ4v) is 3.10. The number of rotatable bonds is 5. The van der Waals surface area contributed by atoms with Crippen molar-refractivity contribution in [1.82, 2.24) is 20.1 Å². The first-order chi connectivity index (χ1) is 9.85. The Morgan fingerprint density at radius 2 is 2.50 bits per heavy atom. The largest absolute Gasteiger partial charge is 0.367 e. The monoisotopic (exact) mass is 292 g/mol. The maximum Gasteiger partial charge on any atom is 0.180 e. The van der Waals surface area contributed by atoms with Gasteiger partial charge in [0.15, 0.2) is 5.82 Å². The van der Waals surface area contributed by atoms with E-state index in [4.69, 9.17) is 4.74 Å². The molecule has 1 aliphatic heterocycles. The minimum absolute atomic E-state index is 0.00337. The Labute approximate surface area is 123 Å². The van der Waals surface area contributed by atoms with Crippen molar-refractivity contribution < 1.29 is 4.74 Å². The van der Waals surface area contributed by atoms with Gasteiger partial charge in [0.1, 0.15) is 11.9 Å². The average Bonchev–Trinajstić information content (AvgIpc) is 3.16. The molecule has 1 saturated heterocycles. The molecule has 0 spiro atoms. The minimum atomic E-state index is 0.00337. The van der Waals surface area contributed by atoms with Gasteiger partial charge in [0, 0.05) is 30.9 Å². The van der Waals surface area contributed by atoms with Gasteiger partial charge in [-0.05, 0) is 17.9 Å². The molecular formula is C14H20N4OS. The Balaban J connectivity index is 1.55. The van der Waals surface area contributed by atoms with Gasteiger partial charge in [-0.3, -0.25) is 10.00 Å². The Hall–Kier alpha value is -1.24. The number of aromatic nitrogens is 3. The molecule has 0 aromatic carbocycles. The number of hydrogen-bond donors (Lipinski definition) is 1. The molecule has 2 aromatic heterocycles. The van der Waals surface area contributed by atoms with E-state index in [1.807, 2.05) is 11.3 Å². The summed E-state index contributed by atoms with van der Waals surface area (Å²) in [6.45, 7) is 5.77. The van der Waals surface area contributed by atoms with Crippen molar-refractivity contribution in [1.29, 1.82) is 0 Å². The van der Waals surface area contributed by atoms with Crippen LogP contribution in [0.5, 0.6) is 0 Å². The van der Waals surface area contributed by atoms with Gasteiger partial charge in [-0.2, -0.15) is 5.10 Å². The highest BCUT2D eigenvalue weighted by molar-refractivity contribution is 7.09. The third-order valence-electron chi connectivity index (χ3n) is 3.58. The van der Waals surface area contributed by atoms with Gasteiger partial charge in [0.2, 0.25) is 0 Å². The van der Waals surface area contributed by atoms with E-state index in [-0.39, 0.29) is 6.10 Å². The standard InChI is InChI=1S/C14H20N4OS/c1-2-13-15-14(17-16-13)12-10-18(7-8-19-12)6-5-11-4-3-9-20-11/h3-4,9,12H,2,5-8,10H2,1H3,(H,15,16,17)/t12-/m0/s1. The van der Waals surface area contributed by atoms with E-state index in [0.29, 0.717) is 0 Å². The first kappa shape index (κ1) is 13.7. The van der Waals surface area contributed by atoms with Gasteiger partial charge in [-0.15, -0.1) is 11.3 Å². The van der Waals surface area contributed by atoms with E-state index in [1.54, 1.807) is 0 Å². The zero-order valence-corrected chi connectivity index (χ0v) is 12.5. The van der Waals surface area contributed by atoms with E-state index < -0.39 is 0 Å². The van der Waals surface area contributed by atoms with Gasteiger partial charge in [-0.25, -0.2) is 4.98 Å². The molecule has 20 heavy (non-hydrogen) atoms. The predicted molar refractivity (Wildman–Crippen MR) is 78.9 cm³/mol. The first-order valence-corrected chi connectivity index (χ1v) is 8.00. The van der Waals surface area contributed by atoms with Crippen molar-refractivity contribution in [3.63, 3.8) is 0 Å². The second-order valence-electron chi connectivity index (χ2n) is 4.98. The van der Waals surface area contributed by atoms with Crippen molar-refractivity contribution in [2.75, 3.05) is 26.2 Å². The van der Waals surface area contributed by atoms with Crippen LogP contribution in [0.2, 0.25) is 0 Å². The number of ether oxygens (including phenoxy) is 1. The summed E-state index contributed by atoms with van der Waals surface area (Å²) in [7, 11) is 0. The molecule has 0 amide bonds. The summed E-state index contributed by atoms with van der Waals surface area (Å²) in [6, 6.07) is 4.31. The number of nitrogens with one attached hydrogen (secondary N) is 1. The molecular weight excluding hydrogens is 272 g/mol. The van der Waals surface area contributed by atoms with Gasteiger partial charge < -0.3 is 4.74 Å². The summed E-state index contributed by atoms with van der Waals surface area (Å²) in [5, 5.41) is 9.37. The summed E-state index contributed by atoms with van der Waals surface area (Å²) in [5.41, 5.74) is 0. The van der Waals surface area contributed by atoms with E-state index in [2.05, 4.69) is 44.5 Å². The Kier molecular flexibility index (Phi) is 4.44. The maximum absolute atomic E-state index is 5.81. The minimum Gasteiger partial charge on any atom is -0.367 e. The highest BCUT2D eigenvalue weighted by Crippen LogP contribution is 2.20. The molecule has 3 heterocycles. The lowest BCUT2D eigenvalue weighted by Crippen LogP contribution is -2.39. The fraction of sp³-hybridized carbons (Fsp3) is 0.571. The van der Waals surface area contributed by atoms with Crippen LogP contribution in [0.3, 0.4) is 0 Å². The maximum atomic E-state index is 5.81. The smallest absolute Gasteiger partial charge is 0.180 e. The van der Waals surface area contributed by atoms with Gasteiger partial charge >= 0.3 is 0 Å². The first-order valence-electron chi connectivity index (χ1n) is 7.12. The number of H-pyrrole nitrogens is 1. The molecule has 6 heteroatoms. The molecule has 1 fully saturated rings. The topological polar surface area (TPSA) is 54.0 Å².